The van der Waals surface area contributed by atoms with Crippen molar-refractivity contribution in [3.8, 4) is 11.8 Å². The third-order valence-electron chi connectivity index (χ3n) is 6.23. The average molecular weight is 508 g/mol. The number of hydrogen-bond acceptors (Lipinski definition) is 9. The maximum Gasteiger partial charge on any atom is 0.355 e. The van der Waals surface area contributed by atoms with Crippen LogP contribution in [0.5, 0.6) is 5.75 Å². The zero-order valence-corrected chi connectivity index (χ0v) is 20.4. The van der Waals surface area contributed by atoms with Crippen molar-refractivity contribution in [3.05, 3.63) is 82.6 Å². The molecule has 0 bridgehead atoms. The highest BCUT2D eigenvalue weighted by atomic mass is 19.1. The number of esters is 2. The molecule has 2 N–H and O–H groups in total. The van der Waals surface area contributed by atoms with Crippen LogP contribution in [0.4, 0.5) is 10.1 Å². The number of nitrogens with two attached hydrogens (primary N) is 1. The van der Waals surface area contributed by atoms with Crippen molar-refractivity contribution in [1.82, 2.24) is 0 Å². The Hall–Kier alpha value is -4.36. The molecule has 9 nitrogen and oxygen atoms in total. The second kappa shape index (κ2) is 11.1. The standard InChI is InChI=1S/C27H26FN3O6/c1-34-26(32)22-21(16-8-4-3-5-9-16)18(14-29)25(30)31(24(22)27(33)35-2)23-19(28)11-6-12-20(23)37-15-17-10-7-13-36-17/h3-6,8-9,11-12,17,21H,7,10,13,15,30H2,1-2H3. The van der Waals surface area contributed by atoms with Crippen LogP contribution in [0.25, 0.3) is 0 Å². The van der Waals surface area contributed by atoms with Crippen LogP contribution in [0, 0.1) is 17.1 Å². The summed E-state index contributed by atoms with van der Waals surface area (Å²) in [6.07, 6.45) is 1.49. The molecule has 2 aliphatic heterocycles. The third-order valence-corrected chi connectivity index (χ3v) is 6.23. The lowest BCUT2D eigenvalue weighted by Gasteiger charge is -2.36. The Balaban J connectivity index is 1.97. The zero-order chi connectivity index (χ0) is 26.5. The minimum atomic E-state index is -1.06. The Kier molecular flexibility index (Phi) is 7.74. The lowest BCUT2D eigenvalue weighted by molar-refractivity contribution is -0.139. The molecule has 1 fully saturated rings. The molecule has 0 spiro atoms. The maximum absolute atomic E-state index is 15.5. The van der Waals surface area contributed by atoms with Gasteiger partial charge in [0.1, 0.15) is 29.6 Å². The van der Waals surface area contributed by atoms with Gasteiger partial charge in [0.25, 0.3) is 0 Å². The summed E-state index contributed by atoms with van der Waals surface area (Å²) in [6.45, 7) is 0.739. The lowest BCUT2D eigenvalue weighted by atomic mass is 9.81. The first-order valence-corrected chi connectivity index (χ1v) is 11.6. The monoisotopic (exact) mass is 507 g/mol. The predicted molar refractivity (Wildman–Crippen MR) is 130 cm³/mol. The molecule has 2 aromatic carbocycles. The smallest absolute Gasteiger partial charge is 0.355 e. The number of allylic oxidation sites excluding steroid dienone is 1. The van der Waals surface area contributed by atoms with E-state index in [0.717, 1.165) is 38.0 Å². The van der Waals surface area contributed by atoms with Crippen LogP contribution in [0.1, 0.15) is 24.3 Å². The Morgan fingerprint density at radius 1 is 1.14 bits per heavy atom. The third kappa shape index (κ3) is 4.86. The fourth-order valence-electron chi connectivity index (χ4n) is 4.53. The molecule has 0 aliphatic carbocycles. The van der Waals surface area contributed by atoms with Crippen molar-refractivity contribution in [2.75, 3.05) is 32.3 Å². The molecule has 0 amide bonds. The van der Waals surface area contributed by atoms with Crippen molar-refractivity contribution in [1.29, 1.82) is 5.26 Å². The number of methoxy groups -OCH3 is 2. The topological polar surface area (TPSA) is 124 Å². The van der Waals surface area contributed by atoms with Crippen molar-refractivity contribution < 1.29 is 32.9 Å². The minimum absolute atomic E-state index is 0.0412. The van der Waals surface area contributed by atoms with Gasteiger partial charge in [0.15, 0.2) is 5.82 Å². The van der Waals surface area contributed by atoms with Gasteiger partial charge in [0, 0.05) is 6.61 Å². The minimum Gasteiger partial charge on any atom is -0.489 e. The highest BCUT2D eigenvalue weighted by molar-refractivity contribution is 6.06. The Morgan fingerprint density at radius 3 is 2.49 bits per heavy atom. The summed E-state index contributed by atoms with van der Waals surface area (Å²) in [7, 11) is 2.26. The SMILES string of the molecule is COC(=O)C1=C(C(=O)OC)N(c2c(F)cccc2OCC2CCCO2)C(N)=C(C#N)C1c1ccccc1. The van der Waals surface area contributed by atoms with Gasteiger partial charge >= 0.3 is 11.9 Å². The molecule has 1 saturated heterocycles. The van der Waals surface area contributed by atoms with E-state index in [-0.39, 0.29) is 46.8 Å². The molecule has 2 unspecified atom stereocenters. The van der Waals surface area contributed by atoms with E-state index >= 15 is 4.39 Å². The first-order valence-electron chi connectivity index (χ1n) is 11.6. The first kappa shape index (κ1) is 25.7. The van der Waals surface area contributed by atoms with Crippen LogP contribution in [-0.2, 0) is 23.8 Å². The number of nitrogens with zero attached hydrogens (tertiary/aromatic N) is 2. The van der Waals surface area contributed by atoms with E-state index < -0.39 is 23.7 Å². The second-order valence-corrected chi connectivity index (χ2v) is 8.37. The molecule has 4 rings (SSSR count). The number of halogens is 1. The maximum atomic E-state index is 15.5. The number of anilines is 1. The van der Waals surface area contributed by atoms with Gasteiger partial charge in [-0.2, -0.15) is 5.26 Å². The fraction of sp³-hybridized carbons (Fsp3) is 0.296. The van der Waals surface area contributed by atoms with Gasteiger partial charge in [-0.1, -0.05) is 36.4 Å². The molecule has 2 aliphatic rings. The fourth-order valence-corrected chi connectivity index (χ4v) is 4.53. The summed E-state index contributed by atoms with van der Waals surface area (Å²) in [4.78, 5) is 27.4. The van der Waals surface area contributed by atoms with E-state index in [0.29, 0.717) is 12.2 Å². The van der Waals surface area contributed by atoms with Gasteiger partial charge < -0.3 is 24.7 Å². The normalized spacial score (nSPS) is 19.5. The van der Waals surface area contributed by atoms with Crippen molar-refractivity contribution >= 4 is 17.6 Å². The van der Waals surface area contributed by atoms with E-state index in [1.54, 1.807) is 30.3 Å². The summed E-state index contributed by atoms with van der Waals surface area (Å²) in [6, 6.07) is 14.7. The second-order valence-electron chi connectivity index (χ2n) is 8.37. The van der Waals surface area contributed by atoms with Crippen LogP contribution >= 0.6 is 0 Å². The summed E-state index contributed by atoms with van der Waals surface area (Å²) >= 11 is 0. The molecular weight excluding hydrogens is 481 g/mol. The van der Waals surface area contributed by atoms with E-state index in [4.69, 9.17) is 24.7 Å². The molecule has 2 aromatic rings. The number of rotatable bonds is 7. The number of ether oxygens (including phenoxy) is 4. The molecule has 0 radical (unpaired) electrons. The highest BCUT2D eigenvalue weighted by Gasteiger charge is 2.44. The van der Waals surface area contributed by atoms with Crippen LogP contribution < -0.4 is 15.4 Å². The first-order chi connectivity index (χ1) is 17.9. The van der Waals surface area contributed by atoms with Crippen LogP contribution in [-0.4, -0.2) is 45.5 Å². The Morgan fingerprint density at radius 2 is 1.86 bits per heavy atom. The summed E-state index contributed by atoms with van der Waals surface area (Å²) in [5, 5.41) is 10.2. The molecule has 10 heteroatoms. The van der Waals surface area contributed by atoms with Gasteiger partial charge in [-0.15, -0.1) is 0 Å². The quantitative estimate of drug-likeness (QED) is 0.562. The number of benzene rings is 2. The van der Waals surface area contributed by atoms with Gasteiger partial charge in [-0.25, -0.2) is 14.0 Å². The number of nitriles is 1. The Bertz CT molecular complexity index is 1290. The molecule has 0 saturated carbocycles. The molecule has 2 heterocycles. The summed E-state index contributed by atoms with van der Waals surface area (Å²) < 4.78 is 37.0. The van der Waals surface area contributed by atoms with E-state index in [2.05, 4.69) is 0 Å². The number of para-hydroxylation sites is 1. The van der Waals surface area contributed by atoms with E-state index in [1.165, 1.54) is 12.1 Å². The molecule has 2 atom stereocenters. The number of hydrogen-bond donors (Lipinski definition) is 1. The Labute approximate surface area is 213 Å². The van der Waals surface area contributed by atoms with Crippen molar-refractivity contribution in [2.45, 2.75) is 24.9 Å². The van der Waals surface area contributed by atoms with Gasteiger partial charge in [-0.05, 0) is 30.5 Å². The zero-order valence-electron chi connectivity index (χ0n) is 20.4. The van der Waals surface area contributed by atoms with Crippen LogP contribution in [0.3, 0.4) is 0 Å². The lowest BCUT2D eigenvalue weighted by Crippen LogP contribution is -2.41. The largest absolute Gasteiger partial charge is 0.489 e. The number of carbonyl (C=O) groups is 2. The van der Waals surface area contributed by atoms with Gasteiger partial charge in [0.2, 0.25) is 0 Å². The van der Waals surface area contributed by atoms with Crippen LogP contribution in [0.15, 0.2) is 71.2 Å². The average Bonchev–Trinajstić information content (AvgIpc) is 3.45. The van der Waals surface area contributed by atoms with Crippen molar-refractivity contribution in [2.24, 2.45) is 5.73 Å². The van der Waals surface area contributed by atoms with Crippen molar-refractivity contribution in [3.63, 3.8) is 0 Å². The van der Waals surface area contributed by atoms with E-state index in [1.807, 2.05) is 6.07 Å². The van der Waals surface area contributed by atoms with Crippen LogP contribution in [0.2, 0.25) is 0 Å². The number of carbonyl (C=O) groups excluding carboxylic acids is 2. The van der Waals surface area contributed by atoms with E-state index in [9.17, 15) is 14.9 Å². The highest BCUT2D eigenvalue weighted by Crippen LogP contribution is 2.46. The molecule has 0 aromatic heterocycles. The predicted octanol–water partition coefficient (Wildman–Crippen LogP) is 3.28. The summed E-state index contributed by atoms with van der Waals surface area (Å²) in [5.74, 6) is -3.95. The summed E-state index contributed by atoms with van der Waals surface area (Å²) in [5.41, 5.74) is 6.05. The molecule has 37 heavy (non-hydrogen) atoms. The molecular formula is C27H26FN3O6. The molecule has 192 valence electrons. The van der Waals surface area contributed by atoms with Gasteiger partial charge in [-0.3, -0.25) is 4.90 Å². The van der Waals surface area contributed by atoms with Gasteiger partial charge in [0.05, 0.1) is 43.5 Å².